The van der Waals surface area contributed by atoms with E-state index < -0.39 is 5.41 Å². The number of cyclic esters (lactones) is 1. The lowest BCUT2D eigenvalue weighted by molar-refractivity contribution is -0.143. The van der Waals surface area contributed by atoms with Gasteiger partial charge in [0.1, 0.15) is 5.41 Å². The number of carbonyl (C=O) groups excluding carboxylic acids is 1. The van der Waals surface area contributed by atoms with Crippen LogP contribution in [0.15, 0.2) is 24.4 Å². The first kappa shape index (κ1) is 16.0. The maximum atomic E-state index is 12.3. The Morgan fingerprint density at radius 2 is 2.00 bits per heavy atom. The average Bonchev–Trinajstić information content (AvgIpc) is 2.88. The van der Waals surface area contributed by atoms with E-state index in [-0.39, 0.29) is 5.97 Å². The van der Waals surface area contributed by atoms with Crippen LogP contribution in [0, 0.1) is 0 Å². The lowest BCUT2D eigenvalue weighted by atomic mass is 9.79. The van der Waals surface area contributed by atoms with Gasteiger partial charge in [0.25, 0.3) is 0 Å². The highest BCUT2D eigenvalue weighted by molar-refractivity contribution is 5.84. The van der Waals surface area contributed by atoms with E-state index in [4.69, 9.17) is 4.74 Å². The number of ether oxygens (including phenoxy) is 1. The van der Waals surface area contributed by atoms with Gasteiger partial charge in [-0.15, -0.1) is 0 Å². The molecule has 0 aromatic carbocycles. The molecule has 1 atom stereocenters. The summed E-state index contributed by atoms with van der Waals surface area (Å²) >= 11 is 0. The molecule has 0 amide bonds. The van der Waals surface area contributed by atoms with Crippen LogP contribution in [0.3, 0.4) is 0 Å². The predicted octanol–water partition coefficient (Wildman–Crippen LogP) is 2.78. The molecule has 0 saturated carbocycles. The molecule has 0 aliphatic carbocycles. The fraction of sp³-hybridized carbons (Fsp3) is 0.647. The molecule has 21 heavy (non-hydrogen) atoms. The third-order valence-corrected chi connectivity index (χ3v) is 4.24. The van der Waals surface area contributed by atoms with E-state index in [1.165, 1.54) is 0 Å². The summed E-state index contributed by atoms with van der Waals surface area (Å²) in [7, 11) is 0. The van der Waals surface area contributed by atoms with Gasteiger partial charge in [0.05, 0.1) is 12.3 Å². The van der Waals surface area contributed by atoms with E-state index in [1.54, 1.807) is 6.20 Å². The van der Waals surface area contributed by atoms with Gasteiger partial charge in [0.15, 0.2) is 0 Å². The molecule has 1 aromatic rings. The summed E-state index contributed by atoms with van der Waals surface area (Å²) in [6.45, 7) is 7.99. The first-order valence-corrected chi connectivity index (χ1v) is 8.04. The Morgan fingerprint density at radius 1 is 1.24 bits per heavy atom. The van der Waals surface area contributed by atoms with Gasteiger partial charge in [-0.25, -0.2) is 0 Å². The van der Waals surface area contributed by atoms with Crippen LogP contribution in [0.25, 0.3) is 0 Å². The van der Waals surface area contributed by atoms with E-state index in [9.17, 15) is 4.79 Å². The lowest BCUT2D eigenvalue weighted by Gasteiger charge is -2.28. The molecule has 1 saturated heterocycles. The molecule has 1 aromatic heterocycles. The van der Waals surface area contributed by atoms with Crippen molar-refractivity contribution >= 4 is 5.97 Å². The largest absolute Gasteiger partial charge is 0.465 e. The third-order valence-electron chi connectivity index (χ3n) is 4.24. The topological polar surface area (TPSA) is 42.4 Å². The van der Waals surface area contributed by atoms with Gasteiger partial charge in [0, 0.05) is 12.6 Å². The summed E-state index contributed by atoms with van der Waals surface area (Å²) < 4.78 is 5.28. The van der Waals surface area contributed by atoms with Crippen molar-refractivity contribution in [1.82, 2.24) is 9.88 Å². The van der Waals surface area contributed by atoms with Crippen molar-refractivity contribution in [3.8, 4) is 0 Å². The second-order valence-corrected chi connectivity index (χ2v) is 5.77. The van der Waals surface area contributed by atoms with E-state index in [0.717, 1.165) is 51.0 Å². The van der Waals surface area contributed by atoms with Crippen LogP contribution in [0.4, 0.5) is 0 Å². The fourth-order valence-corrected chi connectivity index (χ4v) is 3.11. The van der Waals surface area contributed by atoms with Crippen LogP contribution in [-0.2, 0) is 14.9 Å². The van der Waals surface area contributed by atoms with Gasteiger partial charge < -0.3 is 9.64 Å². The SMILES string of the molecule is CCCN(CCC)CCC1(c2ccccn2)CCOC1=O. The zero-order chi connectivity index (χ0) is 15.1. The van der Waals surface area contributed by atoms with Gasteiger partial charge in [-0.05, 0) is 51.0 Å². The Balaban J connectivity index is 2.13. The molecule has 116 valence electrons. The van der Waals surface area contributed by atoms with Gasteiger partial charge in [-0.1, -0.05) is 19.9 Å². The zero-order valence-electron chi connectivity index (χ0n) is 13.2. The highest BCUT2D eigenvalue weighted by Gasteiger charge is 2.46. The van der Waals surface area contributed by atoms with Crippen molar-refractivity contribution in [3.05, 3.63) is 30.1 Å². The Kier molecular flexibility index (Phi) is 5.74. The first-order valence-electron chi connectivity index (χ1n) is 8.04. The van der Waals surface area contributed by atoms with Gasteiger partial charge in [-0.2, -0.15) is 0 Å². The molecule has 0 N–H and O–H groups in total. The molecular formula is C17H26N2O2. The molecule has 2 rings (SSSR count). The van der Waals surface area contributed by atoms with Crippen molar-refractivity contribution in [2.24, 2.45) is 0 Å². The Morgan fingerprint density at radius 3 is 2.52 bits per heavy atom. The standard InChI is InChI=1S/C17H26N2O2/c1-3-11-19(12-4-2)13-8-17(9-14-21-16(17)20)15-7-5-6-10-18-15/h5-7,10H,3-4,8-9,11-14H2,1-2H3. The van der Waals surface area contributed by atoms with Crippen molar-refractivity contribution in [2.75, 3.05) is 26.2 Å². The summed E-state index contributed by atoms with van der Waals surface area (Å²) in [5.41, 5.74) is 0.321. The molecule has 1 unspecified atom stereocenters. The number of aromatic nitrogens is 1. The minimum Gasteiger partial charge on any atom is -0.465 e. The summed E-state index contributed by atoms with van der Waals surface area (Å²) in [5, 5.41) is 0. The van der Waals surface area contributed by atoms with Crippen molar-refractivity contribution < 1.29 is 9.53 Å². The number of rotatable bonds is 8. The molecule has 4 heteroatoms. The summed E-state index contributed by atoms with van der Waals surface area (Å²) in [6, 6.07) is 5.79. The molecule has 1 aliphatic rings. The molecule has 4 nitrogen and oxygen atoms in total. The second kappa shape index (κ2) is 7.55. The van der Waals surface area contributed by atoms with Crippen molar-refractivity contribution in [2.45, 2.75) is 44.9 Å². The van der Waals surface area contributed by atoms with E-state index in [0.29, 0.717) is 6.61 Å². The van der Waals surface area contributed by atoms with Crippen LogP contribution in [0.2, 0.25) is 0 Å². The fourth-order valence-electron chi connectivity index (χ4n) is 3.11. The molecule has 0 bridgehead atoms. The molecule has 1 fully saturated rings. The lowest BCUT2D eigenvalue weighted by Crippen LogP contribution is -2.38. The first-order chi connectivity index (χ1) is 10.2. The maximum Gasteiger partial charge on any atom is 0.318 e. The Bertz CT molecular complexity index is 443. The summed E-state index contributed by atoms with van der Waals surface area (Å²) in [4.78, 5) is 19.2. The summed E-state index contributed by atoms with van der Waals surface area (Å²) in [5.74, 6) is -0.103. The normalized spacial score (nSPS) is 21.8. The van der Waals surface area contributed by atoms with E-state index >= 15 is 0 Å². The van der Waals surface area contributed by atoms with Crippen LogP contribution in [0.5, 0.6) is 0 Å². The Hall–Kier alpha value is -1.42. The minimum absolute atomic E-state index is 0.103. The molecular weight excluding hydrogens is 264 g/mol. The van der Waals surface area contributed by atoms with E-state index in [1.807, 2.05) is 18.2 Å². The van der Waals surface area contributed by atoms with Gasteiger partial charge in [0.2, 0.25) is 0 Å². The molecule has 0 radical (unpaired) electrons. The monoisotopic (exact) mass is 290 g/mol. The quantitative estimate of drug-likeness (QED) is 0.690. The third kappa shape index (κ3) is 3.62. The summed E-state index contributed by atoms with van der Waals surface area (Å²) in [6.07, 6.45) is 5.58. The highest BCUT2D eigenvalue weighted by Crippen LogP contribution is 2.36. The van der Waals surface area contributed by atoms with Gasteiger partial charge in [-0.3, -0.25) is 9.78 Å². The average molecular weight is 290 g/mol. The molecule has 2 heterocycles. The minimum atomic E-state index is -0.541. The zero-order valence-corrected chi connectivity index (χ0v) is 13.2. The van der Waals surface area contributed by atoms with Crippen LogP contribution < -0.4 is 0 Å². The predicted molar refractivity (Wildman–Crippen MR) is 83.1 cm³/mol. The maximum absolute atomic E-state index is 12.3. The Labute approximate surface area is 127 Å². The number of nitrogens with zero attached hydrogens (tertiary/aromatic N) is 2. The van der Waals surface area contributed by atoms with Gasteiger partial charge >= 0.3 is 5.97 Å². The molecule has 1 aliphatic heterocycles. The number of carbonyl (C=O) groups is 1. The number of hydrogen-bond acceptors (Lipinski definition) is 4. The van der Waals surface area contributed by atoms with Crippen molar-refractivity contribution in [3.63, 3.8) is 0 Å². The van der Waals surface area contributed by atoms with Crippen molar-refractivity contribution in [1.29, 1.82) is 0 Å². The highest BCUT2D eigenvalue weighted by atomic mass is 16.5. The second-order valence-electron chi connectivity index (χ2n) is 5.77. The molecule has 0 spiro atoms. The van der Waals surface area contributed by atoms with Crippen LogP contribution in [-0.4, -0.2) is 42.1 Å². The smallest absolute Gasteiger partial charge is 0.318 e. The number of hydrogen-bond donors (Lipinski definition) is 0. The van der Waals surface area contributed by atoms with Crippen LogP contribution in [0.1, 0.15) is 45.2 Å². The van der Waals surface area contributed by atoms with Crippen LogP contribution >= 0.6 is 0 Å². The van der Waals surface area contributed by atoms with E-state index in [2.05, 4.69) is 23.7 Å². The number of esters is 1. The number of pyridine rings is 1.